The summed E-state index contributed by atoms with van der Waals surface area (Å²) < 4.78 is 37.8. The lowest BCUT2D eigenvalue weighted by Crippen LogP contribution is -2.24. The molecular formula is C10H8ClF3O3. The number of rotatable bonds is 3. The average Bonchev–Trinajstić information content (AvgIpc) is 2.18. The number of carbonyl (C=O) groups is 1. The summed E-state index contributed by atoms with van der Waals surface area (Å²) in [4.78, 5) is 10.4. The van der Waals surface area contributed by atoms with Crippen LogP contribution in [-0.2, 0) is 17.4 Å². The van der Waals surface area contributed by atoms with Gasteiger partial charge in [-0.15, -0.1) is 0 Å². The van der Waals surface area contributed by atoms with E-state index in [-0.39, 0.29) is 5.02 Å². The number of carboxylic acids is 1. The van der Waals surface area contributed by atoms with E-state index in [1.54, 1.807) is 0 Å². The molecule has 0 radical (unpaired) electrons. The van der Waals surface area contributed by atoms with Gasteiger partial charge in [0.2, 0.25) is 0 Å². The number of aliphatic carboxylic acids is 1. The molecule has 0 bridgehead atoms. The summed E-state index contributed by atoms with van der Waals surface area (Å²) in [5.74, 6) is -1.60. The van der Waals surface area contributed by atoms with Crippen molar-refractivity contribution in [1.29, 1.82) is 0 Å². The Morgan fingerprint density at radius 2 is 2.00 bits per heavy atom. The van der Waals surface area contributed by atoms with Gasteiger partial charge < -0.3 is 10.2 Å². The fraction of sp³-hybridized carbons (Fsp3) is 0.300. The zero-order chi connectivity index (χ0) is 13.2. The highest BCUT2D eigenvalue weighted by molar-refractivity contribution is 6.31. The van der Waals surface area contributed by atoms with Crippen molar-refractivity contribution in [1.82, 2.24) is 0 Å². The molecule has 0 heterocycles. The molecule has 0 aliphatic heterocycles. The Labute approximate surface area is 99.4 Å². The molecule has 2 N–H and O–H groups in total. The number of hydrogen-bond acceptors (Lipinski definition) is 2. The second kappa shape index (κ2) is 4.93. The summed E-state index contributed by atoms with van der Waals surface area (Å²) in [5.41, 5.74) is -1.46. The standard InChI is InChI=1S/C10H8ClF3O3/c11-7-3-1-2-6(10(12,13)14)5(7)4-8(15)9(16)17/h1-3,8,15H,4H2,(H,16,17). The number of hydrogen-bond donors (Lipinski definition) is 2. The lowest BCUT2D eigenvalue weighted by atomic mass is 10.0. The van der Waals surface area contributed by atoms with Gasteiger partial charge in [-0.2, -0.15) is 13.2 Å². The molecule has 0 saturated carbocycles. The SMILES string of the molecule is O=C(O)C(O)Cc1c(Cl)cccc1C(F)(F)F. The fourth-order valence-electron chi connectivity index (χ4n) is 1.31. The van der Waals surface area contributed by atoms with E-state index in [1.807, 2.05) is 0 Å². The zero-order valence-corrected chi connectivity index (χ0v) is 9.09. The first-order valence-electron chi connectivity index (χ1n) is 4.49. The monoisotopic (exact) mass is 268 g/mol. The minimum absolute atomic E-state index is 0.222. The van der Waals surface area contributed by atoms with Crippen LogP contribution in [0, 0.1) is 0 Å². The van der Waals surface area contributed by atoms with Crippen molar-refractivity contribution in [3.05, 3.63) is 34.3 Å². The van der Waals surface area contributed by atoms with Gasteiger partial charge in [0.15, 0.2) is 6.10 Å². The molecular weight excluding hydrogens is 261 g/mol. The van der Waals surface area contributed by atoms with Crippen molar-refractivity contribution >= 4 is 17.6 Å². The highest BCUT2D eigenvalue weighted by Crippen LogP contribution is 2.35. The Morgan fingerprint density at radius 1 is 1.41 bits per heavy atom. The second-order valence-electron chi connectivity index (χ2n) is 3.32. The fourth-order valence-corrected chi connectivity index (χ4v) is 1.56. The van der Waals surface area contributed by atoms with E-state index >= 15 is 0 Å². The van der Waals surface area contributed by atoms with Crippen LogP contribution in [0.15, 0.2) is 18.2 Å². The largest absolute Gasteiger partial charge is 0.479 e. The van der Waals surface area contributed by atoms with E-state index in [0.29, 0.717) is 0 Å². The number of carboxylic acid groups (broad SMARTS) is 1. The van der Waals surface area contributed by atoms with Crippen LogP contribution in [0.2, 0.25) is 5.02 Å². The zero-order valence-electron chi connectivity index (χ0n) is 8.33. The molecule has 0 spiro atoms. The molecule has 0 fully saturated rings. The molecule has 94 valence electrons. The molecule has 17 heavy (non-hydrogen) atoms. The highest BCUT2D eigenvalue weighted by Gasteiger charge is 2.35. The molecule has 3 nitrogen and oxygen atoms in total. The van der Waals surface area contributed by atoms with E-state index in [1.165, 1.54) is 6.07 Å². The molecule has 1 rings (SSSR count). The Balaban J connectivity index is 3.17. The third-order valence-corrected chi connectivity index (χ3v) is 2.46. The van der Waals surface area contributed by atoms with E-state index in [2.05, 4.69) is 0 Å². The predicted octanol–water partition coefficient (Wildman–Crippen LogP) is 2.35. The first kappa shape index (κ1) is 13.8. The Kier molecular flexibility index (Phi) is 4.00. The topological polar surface area (TPSA) is 57.5 Å². The number of alkyl halides is 3. The Bertz CT molecular complexity index is 431. The van der Waals surface area contributed by atoms with Crippen molar-refractivity contribution in [2.75, 3.05) is 0 Å². The van der Waals surface area contributed by atoms with Crippen LogP contribution in [-0.4, -0.2) is 22.3 Å². The van der Waals surface area contributed by atoms with Gasteiger partial charge >= 0.3 is 12.1 Å². The van der Waals surface area contributed by atoms with Gasteiger partial charge in [-0.1, -0.05) is 17.7 Å². The Morgan fingerprint density at radius 3 is 2.47 bits per heavy atom. The second-order valence-corrected chi connectivity index (χ2v) is 3.73. The number of benzene rings is 1. The summed E-state index contributed by atoms with van der Waals surface area (Å²) in [7, 11) is 0. The third kappa shape index (κ3) is 3.34. The normalized spacial score (nSPS) is 13.5. The van der Waals surface area contributed by atoms with Gasteiger partial charge in [-0.25, -0.2) is 4.79 Å². The lowest BCUT2D eigenvalue weighted by Gasteiger charge is -2.15. The van der Waals surface area contributed by atoms with Gasteiger partial charge in [0.05, 0.1) is 5.56 Å². The Hall–Kier alpha value is -1.27. The molecule has 0 amide bonds. The molecule has 0 aliphatic rings. The summed E-state index contributed by atoms with van der Waals surface area (Å²) >= 11 is 5.58. The molecule has 1 aromatic rings. The van der Waals surface area contributed by atoms with Crippen LogP contribution in [0.3, 0.4) is 0 Å². The molecule has 1 aromatic carbocycles. The highest BCUT2D eigenvalue weighted by atomic mass is 35.5. The van der Waals surface area contributed by atoms with Crippen molar-refractivity contribution in [2.24, 2.45) is 0 Å². The van der Waals surface area contributed by atoms with Gasteiger partial charge in [-0.3, -0.25) is 0 Å². The summed E-state index contributed by atoms with van der Waals surface area (Å²) in [6.45, 7) is 0. The summed E-state index contributed by atoms with van der Waals surface area (Å²) in [5, 5.41) is 17.3. The van der Waals surface area contributed by atoms with Crippen molar-refractivity contribution in [3.8, 4) is 0 Å². The van der Waals surface area contributed by atoms with Crippen LogP contribution < -0.4 is 0 Å². The lowest BCUT2D eigenvalue weighted by molar-refractivity contribution is -0.147. The van der Waals surface area contributed by atoms with Crippen LogP contribution in [0.4, 0.5) is 13.2 Å². The summed E-state index contributed by atoms with van der Waals surface area (Å²) in [6, 6.07) is 3.11. The minimum Gasteiger partial charge on any atom is -0.479 e. The van der Waals surface area contributed by atoms with Gasteiger partial charge in [0, 0.05) is 11.4 Å². The molecule has 0 saturated heterocycles. The number of halogens is 4. The van der Waals surface area contributed by atoms with Crippen LogP contribution >= 0.6 is 11.6 Å². The smallest absolute Gasteiger partial charge is 0.416 e. The minimum atomic E-state index is -4.64. The maximum Gasteiger partial charge on any atom is 0.416 e. The van der Waals surface area contributed by atoms with E-state index in [9.17, 15) is 18.0 Å². The quantitative estimate of drug-likeness (QED) is 0.885. The number of aliphatic hydroxyl groups is 1. The maximum atomic E-state index is 12.6. The summed E-state index contributed by atoms with van der Waals surface area (Å²) in [6.07, 6.45) is -7.25. The van der Waals surface area contributed by atoms with Crippen molar-refractivity contribution in [2.45, 2.75) is 18.7 Å². The third-order valence-electron chi connectivity index (χ3n) is 2.11. The number of aliphatic hydroxyl groups excluding tert-OH is 1. The van der Waals surface area contributed by atoms with E-state index in [0.717, 1.165) is 12.1 Å². The van der Waals surface area contributed by atoms with Crippen LogP contribution in [0.5, 0.6) is 0 Å². The van der Waals surface area contributed by atoms with Gasteiger partial charge in [-0.05, 0) is 17.7 Å². The van der Waals surface area contributed by atoms with Crippen LogP contribution in [0.25, 0.3) is 0 Å². The maximum absolute atomic E-state index is 12.6. The van der Waals surface area contributed by atoms with Crippen molar-refractivity contribution < 1.29 is 28.2 Å². The van der Waals surface area contributed by atoms with E-state index in [4.69, 9.17) is 21.8 Å². The molecule has 0 aliphatic carbocycles. The molecule has 0 aromatic heterocycles. The van der Waals surface area contributed by atoms with Crippen molar-refractivity contribution in [3.63, 3.8) is 0 Å². The molecule has 1 unspecified atom stereocenters. The van der Waals surface area contributed by atoms with Gasteiger partial charge in [0.1, 0.15) is 0 Å². The van der Waals surface area contributed by atoms with E-state index < -0.39 is 35.8 Å². The molecule has 7 heteroatoms. The van der Waals surface area contributed by atoms with Crippen LogP contribution in [0.1, 0.15) is 11.1 Å². The van der Waals surface area contributed by atoms with Gasteiger partial charge in [0.25, 0.3) is 0 Å². The first-order valence-corrected chi connectivity index (χ1v) is 4.86. The first-order chi connectivity index (χ1) is 7.73. The predicted molar refractivity (Wildman–Crippen MR) is 53.8 cm³/mol. The average molecular weight is 269 g/mol. The molecule has 1 atom stereocenters.